The standard InChI is InChI=1S/C37H38N2O12/c1-21(6-5-9-22-7-3-2-4-8-22)16-17-39-19-36(47)35(51-31(34(45)46)32(43)37(36,48)20-40)49-25-14-15-26-27(18-25)50-30(33(38)44)28(29(26)42)23-10-12-24(41)13-11-23/h2-5,7-15,18,20-21,31-32,35,39,41,43,47-48H,6,16-17,19H2,1H3,(H2,38,44)(H,45,46). The molecular formula is C37H38N2O12. The second-order valence-electron chi connectivity index (χ2n) is 12.5. The number of ether oxygens (including phenoxy) is 2. The third kappa shape index (κ3) is 7.55. The number of rotatable bonds is 14. The minimum atomic E-state index is -3.09. The molecule has 14 heteroatoms. The number of phenols is 1. The van der Waals surface area contributed by atoms with Gasteiger partial charge in [-0.3, -0.25) is 14.4 Å². The average molecular weight is 703 g/mol. The normalized spacial score (nSPS) is 24.0. The Balaban J connectivity index is 1.40. The number of carboxylic acids is 1. The van der Waals surface area contributed by atoms with E-state index < -0.39 is 59.3 Å². The second-order valence-corrected chi connectivity index (χ2v) is 12.5. The first-order valence-corrected chi connectivity index (χ1v) is 16.1. The number of amides is 1. The minimum absolute atomic E-state index is 0.0205. The van der Waals surface area contributed by atoms with Crippen molar-refractivity contribution in [1.82, 2.24) is 5.32 Å². The van der Waals surface area contributed by atoms with Gasteiger partial charge in [0.15, 0.2) is 23.6 Å². The number of primary amides is 1. The Morgan fingerprint density at radius 2 is 1.78 bits per heavy atom. The maximum atomic E-state index is 13.5. The maximum absolute atomic E-state index is 13.5. The molecule has 268 valence electrons. The number of aldehydes is 1. The summed E-state index contributed by atoms with van der Waals surface area (Å²) in [6, 6.07) is 18.9. The van der Waals surface area contributed by atoms with Gasteiger partial charge in [-0.25, -0.2) is 4.79 Å². The smallest absolute Gasteiger partial charge is 0.335 e. The van der Waals surface area contributed by atoms with Crippen LogP contribution < -0.4 is 21.2 Å². The van der Waals surface area contributed by atoms with Crippen LogP contribution in [0.3, 0.4) is 0 Å². The molecule has 14 nitrogen and oxygen atoms in total. The number of hydrogen-bond donors (Lipinski definition) is 7. The number of benzene rings is 3. The molecule has 0 saturated carbocycles. The van der Waals surface area contributed by atoms with Crippen LogP contribution in [-0.2, 0) is 14.3 Å². The third-order valence-electron chi connectivity index (χ3n) is 8.86. The summed E-state index contributed by atoms with van der Waals surface area (Å²) in [5, 5.41) is 56.3. The Labute approximate surface area is 291 Å². The van der Waals surface area contributed by atoms with Crippen molar-refractivity contribution in [2.24, 2.45) is 11.7 Å². The van der Waals surface area contributed by atoms with Crippen LogP contribution in [0.4, 0.5) is 0 Å². The molecule has 0 spiro atoms. The first kappa shape index (κ1) is 36.9. The molecule has 5 rings (SSSR count). The van der Waals surface area contributed by atoms with E-state index in [1.807, 2.05) is 49.4 Å². The molecule has 1 aliphatic rings. The number of fused-ring (bicyclic) bond motifs is 1. The van der Waals surface area contributed by atoms with E-state index in [1.165, 1.54) is 36.4 Å². The lowest BCUT2D eigenvalue weighted by Crippen LogP contribution is -2.79. The molecule has 1 aromatic heterocycles. The van der Waals surface area contributed by atoms with Crippen LogP contribution in [0.25, 0.3) is 28.2 Å². The predicted molar refractivity (Wildman–Crippen MR) is 184 cm³/mol. The van der Waals surface area contributed by atoms with E-state index in [0.29, 0.717) is 6.42 Å². The van der Waals surface area contributed by atoms with Crippen LogP contribution in [-0.4, -0.2) is 86.5 Å². The van der Waals surface area contributed by atoms with Gasteiger partial charge in [-0.1, -0.05) is 61.5 Å². The number of phenolic OH excluding ortho intramolecular Hbond substituents is 1. The number of aliphatic hydroxyl groups is 3. The lowest BCUT2D eigenvalue weighted by molar-refractivity contribution is -0.334. The average Bonchev–Trinajstić information content (AvgIpc) is 3.11. The van der Waals surface area contributed by atoms with Gasteiger partial charge in [-0.2, -0.15) is 0 Å². The van der Waals surface area contributed by atoms with Gasteiger partial charge in [0.25, 0.3) is 5.91 Å². The molecule has 0 bridgehead atoms. The number of nitrogens with one attached hydrogen (secondary N) is 1. The van der Waals surface area contributed by atoms with Crippen LogP contribution in [0, 0.1) is 5.92 Å². The van der Waals surface area contributed by atoms with E-state index in [2.05, 4.69) is 5.32 Å². The highest BCUT2D eigenvalue weighted by molar-refractivity contribution is 5.99. The van der Waals surface area contributed by atoms with Gasteiger partial charge in [-0.05, 0) is 60.7 Å². The Hall–Kier alpha value is -5.38. The summed E-state index contributed by atoms with van der Waals surface area (Å²) < 4.78 is 17.0. The maximum Gasteiger partial charge on any atom is 0.335 e. The van der Waals surface area contributed by atoms with Gasteiger partial charge in [0.1, 0.15) is 23.2 Å². The van der Waals surface area contributed by atoms with Crippen LogP contribution in [0.15, 0.2) is 88.1 Å². The van der Waals surface area contributed by atoms with Crippen molar-refractivity contribution >= 4 is 35.2 Å². The number of hydrogen-bond acceptors (Lipinski definition) is 12. The Morgan fingerprint density at radius 1 is 1.08 bits per heavy atom. The molecule has 0 radical (unpaired) electrons. The van der Waals surface area contributed by atoms with Crippen molar-refractivity contribution in [3.8, 4) is 22.6 Å². The molecule has 0 aliphatic carbocycles. The van der Waals surface area contributed by atoms with Gasteiger partial charge < -0.3 is 50.5 Å². The topological polar surface area (TPSA) is 239 Å². The van der Waals surface area contributed by atoms with Crippen molar-refractivity contribution in [3.63, 3.8) is 0 Å². The number of nitrogens with two attached hydrogens (primary N) is 1. The van der Waals surface area contributed by atoms with Gasteiger partial charge in [0.05, 0.1) is 10.9 Å². The highest BCUT2D eigenvalue weighted by Crippen LogP contribution is 2.39. The first-order chi connectivity index (χ1) is 24.3. The zero-order chi connectivity index (χ0) is 36.9. The molecular weight excluding hydrogens is 664 g/mol. The fourth-order valence-electron chi connectivity index (χ4n) is 5.89. The highest BCUT2D eigenvalue weighted by atomic mass is 16.7. The molecule has 1 aliphatic heterocycles. The number of aliphatic carboxylic acids is 1. The van der Waals surface area contributed by atoms with Crippen LogP contribution in [0.1, 0.15) is 35.9 Å². The second kappa shape index (κ2) is 15.2. The molecule has 3 aromatic carbocycles. The molecule has 1 fully saturated rings. The summed E-state index contributed by atoms with van der Waals surface area (Å²) in [6.45, 7) is 1.70. The van der Waals surface area contributed by atoms with Gasteiger partial charge >= 0.3 is 5.97 Å². The third-order valence-corrected chi connectivity index (χ3v) is 8.86. The molecule has 1 amide bonds. The summed E-state index contributed by atoms with van der Waals surface area (Å²) in [6.07, 6.45) is -1.47. The van der Waals surface area contributed by atoms with Crippen molar-refractivity contribution in [2.45, 2.75) is 49.5 Å². The minimum Gasteiger partial charge on any atom is -0.508 e. The predicted octanol–water partition coefficient (Wildman–Crippen LogP) is 2.19. The van der Waals surface area contributed by atoms with Crippen molar-refractivity contribution in [3.05, 3.63) is 100 Å². The fraction of sp³-hybridized carbons (Fsp3) is 0.297. The number of aliphatic hydroxyl groups excluding tert-OH is 1. The lowest BCUT2D eigenvalue weighted by Gasteiger charge is -2.51. The first-order valence-electron chi connectivity index (χ1n) is 16.1. The highest BCUT2D eigenvalue weighted by Gasteiger charge is 2.67. The van der Waals surface area contributed by atoms with E-state index in [1.54, 1.807) is 0 Å². The lowest BCUT2D eigenvalue weighted by atomic mass is 9.74. The summed E-state index contributed by atoms with van der Waals surface area (Å²) in [7, 11) is 0. The van der Waals surface area contributed by atoms with E-state index in [0.717, 1.165) is 18.1 Å². The summed E-state index contributed by atoms with van der Waals surface area (Å²) in [5.41, 5.74) is -0.00177. The number of carbonyl (C=O) groups is 3. The largest absolute Gasteiger partial charge is 0.508 e. The molecule has 4 aromatic rings. The SMILES string of the molecule is CC(CC=Cc1ccccc1)CCNCC1(O)C(Oc2ccc3c(=O)c(-c4ccc(O)cc4)c(C(N)=O)oc3c2)OC(C(=O)O)C(O)C1(O)C=O. The van der Waals surface area contributed by atoms with Gasteiger partial charge in [0, 0.05) is 12.6 Å². The van der Waals surface area contributed by atoms with Crippen molar-refractivity contribution < 1.29 is 53.8 Å². The number of carboxylic acid groups (broad SMARTS) is 1. The quantitative estimate of drug-likeness (QED) is 0.0738. The van der Waals surface area contributed by atoms with E-state index in [9.17, 15) is 44.7 Å². The van der Waals surface area contributed by atoms with Crippen LogP contribution >= 0.6 is 0 Å². The van der Waals surface area contributed by atoms with Crippen LogP contribution in [0.2, 0.25) is 0 Å². The van der Waals surface area contributed by atoms with Gasteiger partial charge in [-0.15, -0.1) is 0 Å². The van der Waals surface area contributed by atoms with E-state index >= 15 is 0 Å². The van der Waals surface area contributed by atoms with Crippen molar-refractivity contribution in [2.75, 3.05) is 13.1 Å². The Kier molecular flexibility index (Phi) is 11.0. The van der Waals surface area contributed by atoms with E-state index in [-0.39, 0.29) is 52.3 Å². The number of aromatic hydroxyl groups is 1. The molecule has 51 heavy (non-hydrogen) atoms. The molecule has 6 atom stereocenters. The van der Waals surface area contributed by atoms with Crippen LogP contribution in [0.5, 0.6) is 11.5 Å². The zero-order valence-electron chi connectivity index (χ0n) is 27.5. The Morgan fingerprint density at radius 3 is 2.43 bits per heavy atom. The molecule has 8 N–H and O–H groups in total. The molecule has 1 saturated heterocycles. The molecule has 6 unspecified atom stereocenters. The van der Waals surface area contributed by atoms with E-state index in [4.69, 9.17) is 19.6 Å². The summed E-state index contributed by atoms with van der Waals surface area (Å²) in [5.74, 6) is -3.42. The Bertz CT molecular complexity index is 1980. The fourth-order valence-corrected chi connectivity index (χ4v) is 5.89. The number of carbonyl (C=O) groups excluding carboxylic acids is 2. The zero-order valence-corrected chi connectivity index (χ0v) is 27.5. The summed E-state index contributed by atoms with van der Waals surface area (Å²) >= 11 is 0. The van der Waals surface area contributed by atoms with Gasteiger partial charge in [0.2, 0.25) is 17.5 Å². The summed E-state index contributed by atoms with van der Waals surface area (Å²) in [4.78, 5) is 50.2. The van der Waals surface area contributed by atoms with Crippen molar-refractivity contribution in [1.29, 1.82) is 0 Å². The number of allylic oxidation sites excluding steroid dienone is 1. The monoisotopic (exact) mass is 702 g/mol. The molecule has 2 heterocycles.